The number of nitrogens with one attached hydrogen (secondary N) is 2. The second kappa shape index (κ2) is 6.70. The standard InChI is InChI=1S/C18H21N5O3/c1-26-15-6-3-2-5-14(15)22-11-12(9-16(22)24)18(25)21-13-10-20-23-8-4-7-19-17(13)23/h2-3,5-6,10,12,19H,4,7-9,11H2,1H3,(H,21,25). The van der Waals surface area contributed by atoms with Crippen LogP contribution in [0.2, 0.25) is 0 Å². The van der Waals surface area contributed by atoms with Crippen molar-refractivity contribution in [2.75, 3.05) is 35.7 Å². The van der Waals surface area contributed by atoms with Gasteiger partial charge in [-0.05, 0) is 18.6 Å². The average Bonchev–Trinajstić information content (AvgIpc) is 3.25. The first-order valence-electron chi connectivity index (χ1n) is 8.71. The van der Waals surface area contributed by atoms with Gasteiger partial charge in [-0.3, -0.25) is 9.59 Å². The highest BCUT2D eigenvalue weighted by molar-refractivity contribution is 6.04. The van der Waals surface area contributed by atoms with Crippen LogP contribution >= 0.6 is 0 Å². The molecule has 0 saturated carbocycles. The number of carbonyl (C=O) groups excluding carboxylic acids is 2. The van der Waals surface area contributed by atoms with Crippen LogP contribution < -0.4 is 20.3 Å². The predicted octanol–water partition coefficient (Wildman–Crippen LogP) is 1.70. The lowest BCUT2D eigenvalue weighted by Gasteiger charge is -2.20. The molecule has 0 aliphatic carbocycles. The molecule has 8 heteroatoms. The molecule has 0 bridgehead atoms. The number of fused-ring (bicyclic) bond motifs is 1. The average molecular weight is 355 g/mol. The van der Waals surface area contributed by atoms with E-state index in [2.05, 4.69) is 15.7 Å². The van der Waals surface area contributed by atoms with Crippen LogP contribution in [0.4, 0.5) is 17.2 Å². The summed E-state index contributed by atoms with van der Waals surface area (Å²) in [6, 6.07) is 7.34. The van der Waals surface area contributed by atoms with Gasteiger partial charge in [0.1, 0.15) is 17.3 Å². The van der Waals surface area contributed by atoms with Crippen molar-refractivity contribution in [3.63, 3.8) is 0 Å². The van der Waals surface area contributed by atoms with Crippen molar-refractivity contribution in [3.8, 4) is 5.75 Å². The minimum atomic E-state index is -0.411. The van der Waals surface area contributed by atoms with Crippen molar-refractivity contribution < 1.29 is 14.3 Å². The SMILES string of the molecule is COc1ccccc1N1CC(C(=O)Nc2cnn3c2NCCC3)CC1=O. The Morgan fingerprint density at radius 1 is 1.38 bits per heavy atom. The molecule has 0 spiro atoms. The molecular weight excluding hydrogens is 334 g/mol. The fourth-order valence-corrected chi connectivity index (χ4v) is 3.47. The number of hydrogen-bond donors (Lipinski definition) is 2. The molecule has 2 aromatic rings. The first kappa shape index (κ1) is 16.4. The van der Waals surface area contributed by atoms with Crippen molar-refractivity contribution in [1.82, 2.24) is 9.78 Å². The van der Waals surface area contributed by atoms with Gasteiger partial charge in [-0.25, -0.2) is 4.68 Å². The number of aromatic nitrogens is 2. The molecule has 2 amide bonds. The molecule has 1 aromatic heterocycles. The van der Waals surface area contributed by atoms with Gasteiger partial charge in [-0.1, -0.05) is 12.1 Å². The summed E-state index contributed by atoms with van der Waals surface area (Å²) in [6.45, 7) is 2.03. The quantitative estimate of drug-likeness (QED) is 0.871. The monoisotopic (exact) mass is 355 g/mol. The van der Waals surface area contributed by atoms with Crippen molar-refractivity contribution >= 4 is 29.0 Å². The molecule has 26 heavy (non-hydrogen) atoms. The van der Waals surface area contributed by atoms with Gasteiger partial charge in [0, 0.05) is 26.1 Å². The van der Waals surface area contributed by atoms with E-state index >= 15 is 0 Å². The molecule has 1 saturated heterocycles. The molecule has 2 aliphatic rings. The Hall–Kier alpha value is -3.03. The van der Waals surface area contributed by atoms with Gasteiger partial charge in [0.05, 0.1) is 24.9 Å². The van der Waals surface area contributed by atoms with Gasteiger partial charge in [-0.2, -0.15) is 5.10 Å². The predicted molar refractivity (Wildman–Crippen MR) is 97.4 cm³/mol. The van der Waals surface area contributed by atoms with E-state index in [0.29, 0.717) is 23.7 Å². The highest BCUT2D eigenvalue weighted by atomic mass is 16.5. The molecule has 8 nitrogen and oxygen atoms in total. The number of carbonyl (C=O) groups is 2. The summed E-state index contributed by atoms with van der Waals surface area (Å²) in [5.74, 6) is 0.794. The molecule has 136 valence electrons. The number of para-hydroxylation sites is 2. The Kier molecular flexibility index (Phi) is 4.24. The number of nitrogens with zero attached hydrogens (tertiary/aromatic N) is 3. The maximum atomic E-state index is 12.7. The first-order valence-corrected chi connectivity index (χ1v) is 8.71. The maximum Gasteiger partial charge on any atom is 0.229 e. The van der Waals surface area contributed by atoms with E-state index in [1.165, 1.54) is 0 Å². The van der Waals surface area contributed by atoms with Crippen LogP contribution in [0, 0.1) is 5.92 Å². The molecule has 0 radical (unpaired) electrons. The third kappa shape index (κ3) is 2.87. The molecule has 1 atom stereocenters. The van der Waals surface area contributed by atoms with Gasteiger partial charge in [0.15, 0.2) is 0 Å². The second-order valence-electron chi connectivity index (χ2n) is 6.48. The number of aryl methyl sites for hydroxylation is 1. The molecule has 3 heterocycles. The highest BCUT2D eigenvalue weighted by Crippen LogP contribution is 2.33. The molecule has 4 rings (SSSR count). The Balaban J connectivity index is 1.48. The Morgan fingerprint density at radius 2 is 2.23 bits per heavy atom. The van der Waals surface area contributed by atoms with Gasteiger partial charge in [0.25, 0.3) is 0 Å². The topological polar surface area (TPSA) is 88.5 Å². The van der Waals surface area contributed by atoms with E-state index < -0.39 is 5.92 Å². The summed E-state index contributed by atoms with van der Waals surface area (Å²) in [7, 11) is 1.57. The van der Waals surface area contributed by atoms with E-state index in [0.717, 1.165) is 25.3 Å². The van der Waals surface area contributed by atoms with Crippen LogP contribution in [0.25, 0.3) is 0 Å². The molecule has 2 N–H and O–H groups in total. The summed E-state index contributed by atoms with van der Waals surface area (Å²) in [4.78, 5) is 26.8. The largest absolute Gasteiger partial charge is 0.495 e. The third-order valence-electron chi connectivity index (χ3n) is 4.81. The molecule has 1 unspecified atom stereocenters. The van der Waals surface area contributed by atoms with E-state index in [-0.39, 0.29) is 18.2 Å². The summed E-state index contributed by atoms with van der Waals surface area (Å²) < 4.78 is 7.18. The van der Waals surface area contributed by atoms with Crippen molar-refractivity contribution in [3.05, 3.63) is 30.5 Å². The van der Waals surface area contributed by atoms with Crippen LogP contribution in [-0.4, -0.2) is 41.8 Å². The lowest BCUT2D eigenvalue weighted by molar-refractivity contribution is -0.122. The first-order chi connectivity index (χ1) is 12.7. The minimum absolute atomic E-state index is 0.0789. The van der Waals surface area contributed by atoms with E-state index in [4.69, 9.17) is 4.74 Å². The lowest BCUT2D eigenvalue weighted by atomic mass is 10.1. The molecular formula is C18H21N5O3. The van der Waals surface area contributed by atoms with E-state index in [1.807, 2.05) is 22.9 Å². The Labute approximate surface area is 151 Å². The number of benzene rings is 1. The molecule has 2 aliphatic heterocycles. The van der Waals surface area contributed by atoms with Crippen LogP contribution in [0.15, 0.2) is 30.5 Å². The lowest BCUT2D eigenvalue weighted by Crippen LogP contribution is -2.28. The smallest absolute Gasteiger partial charge is 0.229 e. The summed E-state index contributed by atoms with van der Waals surface area (Å²) in [5, 5.41) is 10.5. The van der Waals surface area contributed by atoms with Crippen LogP contribution in [-0.2, 0) is 16.1 Å². The Bertz CT molecular complexity index is 847. The summed E-state index contributed by atoms with van der Waals surface area (Å²) >= 11 is 0. The van der Waals surface area contributed by atoms with Crippen LogP contribution in [0.3, 0.4) is 0 Å². The van der Waals surface area contributed by atoms with Gasteiger partial charge >= 0.3 is 0 Å². The number of rotatable bonds is 4. The zero-order valence-electron chi connectivity index (χ0n) is 14.6. The van der Waals surface area contributed by atoms with Crippen molar-refractivity contribution in [2.24, 2.45) is 5.92 Å². The summed E-state index contributed by atoms with van der Waals surface area (Å²) in [5.41, 5.74) is 1.36. The number of methoxy groups -OCH3 is 1. The van der Waals surface area contributed by atoms with Crippen LogP contribution in [0.5, 0.6) is 5.75 Å². The number of anilines is 3. The van der Waals surface area contributed by atoms with Crippen molar-refractivity contribution in [1.29, 1.82) is 0 Å². The normalized spacial score (nSPS) is 19.0. The molecule has 1 aromatic carbocycles. The van der Waals surface area contributed by atoms with Crippen LogP contribution in [0.1, 0.15) is 12.8 Å². The third-order valence-corrected chi connectivity index (χ3v) is 4.81. The van der Waals surface area contributed by atoms with Gasteiger partial charge < -0.3 is 20.3 Å². The maximum absolute atomic E-state index is 12.7. The van der Waals surface area contributed by atoms with Gasteiger partial charge in [0.2, 0.25) is 11.8 Å². The molecule has 1 fully saturated rings. The highest BCUT2D eigenvalue weighted by Gasteiger charge is 2.36. The number of ether oxygens (including phenoxy) is 1. The zero-order valence-corrected chi connectivity index (χ0v) is 14.6. The summed E-state index contributed by atoms with van der Waals surface area (Å²) in [6.07, 6.45) is 2.84. The van der Waals surface area contributed by atoms with Crippen molar-refractivity contribution in [2.45, 2.75) is 19.4 Å². The fraction of sp³-hybridized carbons (Fsp3) is 0.389. The fourth-order valence-electron chi connectivity index (χ4n) is 3.47. The van der Waals surface area contributed by atoms with E-state index in [9.17, 15) is 9.59 Å². The van der Waals surface area contributed by atoms with Gasteiger partial charge in [-0.15, -0.1) is 0 Å². The number of hydrogen-bond acceptors (Lipinski definition) is 5. The minimum Gasteiger partial charge on any atom is -0.495 e. The number of amides is 2. The Morgan fingerprint density at radius 3 is 3.08 bits per heavy atom. The van der Waals surface area contributed by atoms with E-state index in [1.54, 1.807) is 24.3 Å². The zero-order chi connectivity index (χ0) is 18.1. The second-order valence-corrected chi connectivity index (χ2v) is 6.48.